The summed E-state index contributed by atoms with van der Waals surface area (Å²) in [5.74, 6) is -1.61. The molecule has 0 amide bonds. The molecule has 0 saturated carbocycles. The first-order valence-electron chi connectivity index (χ1n) is 6.34. The van der Waals surface area contributed by atoms with Crippen LogP contribution in [-0.2, 0) is 14.8 Å². The number of rotatable bonds is 3. The van der Waals surface area contributed by atoms with E-state index in [2.05, 4.69) is 0 Å². The molecule has 0 bridgehead atoms. The van der Waals surface area contributed by atoms with E-state index in [0.29, 0.717) is 24.4 Å². The molecule has 2 atom stereocenters. The highest BCUT2D eigenvalue weighted by Gasteiger charge is 2.39. The van der Waals surface area contributed by atoms with E-state index in [0.717, 1.165) is 0 Å². The van der Waals surface area contributed by atoms with Gasteiger partial charge in [-0.05, 0) is 44.0 Å². The fourth-order valence-corrected chi connectivity index (χ4v) is 4.35. The van der Waals surface area contributed by atoms with Gasteiger partial charge in [0.25, 0.3) is 0 Å². The highest BCUT2D eigenvalue weighted by atomic mass is 35.5. The number of carbonyl (C=O) groups is 1. The van der Waals surface area contributed by atoms with Crippen LogP contribution >= 0.6 is 11.6 Å². The third kappa shape index (κ3) is 2.82. The molecule has 0 radical (unpaired) electrons. The van der Waals surface area contributed by atoms with E-state index in [1.165, 1.54) is 28.6 Å². The Kier molecular flexibility index (Phi) is 4.36. The van der Waals surface area contributed by atoms with Gasteiger partial charge in [-0.3, -0.25) is 4.79 Å². The Morgan fingerprint density at radius 1 is 1.35 bits per heavy atom. The summed E-state index contributed by atoms with van der Waals surface area (Å²) >= 11 is 5.75. The molecule has 0 aliphatic carbocycles. The summed E-state index contributed by atoms with van der Waals surface area (Å²) < 4.78 is 26.4. The van der Waals surface area contributed by atoms with Crippen molar-refractivity contribution in [3.63, 3.8) is 0 Å². The minimum Gasteiger partial charge on any atom is -0.481 e. The maximum Gasteiger partial charge on any atom is 0.308 e. The monoisotopic (exact) mass is 317 g/mol. The van der Waals surface area contributed by atoms with E-state index < -0.39 is 28.0 Å². The van der Waals surface area contributed by atoms with Crippen LogP contribution in [0.25, 0.3) is 0 Å². The molecule has 1 aromatic carbocycles. The summed E-state index contributed by atoms with van der Waals surface area (Å²) in [6.07, 6.45) is 1.05. The normalized spacial score (nSPS) is 24.5. The Labute approximate surface area is 123 Å². The average molecular weight is 318 g/mol. The van der Waals surface area contributed by atoms with Gasteiger partial charge in [-0.15, -0.1) is 0 Å². The van der Waals surface area contributed by atoms with Crippen LogP contribution in [-0.4, -0.2) is 36.4 Å². The SMILES string of the molecule is C[C@@H]1[C@H](C(=O)O)CCCN1S(=O)(=O)c1ccc(Cl)cc1. The fraction of sp³-hybridized carbons (Fsp3) is 0.462. The van der Waals surface area contributed by atoms with E-state index in [1.807, 2.05) is 0 Å². The summed E-state index contributed by atoms with van der Waals surface area (Å²) in [5.41, 5.74) is 0. The zero-order valence-electron chi connectivity index (χ0n) is 11.0. The van der Waals surface area contributed by atoms with Gasteiger partial charge in [0.2, 0.25) is 10.0 Å². The van der Waals surface area contributed by atoms with E-state index in [9.17, 15) is 13.2 Å². The van der Waals surface area contributed by atoms with Crippen LogP contribution < -0.4 is 0 Å². The molecule has 1 aromatic rings. The minimum absolute atomic E-state index is 0.139. The third-order valence-corrected chi connectivity index (χ3v) is 5.92. The molecular formula is C13H16ClNO4S. The molecule has 0 spiro atoms. The van der Waals surface area contributed by atoms with Crippen molar-refractivity contribution < 1.29 is 18.3 Å². The second-order valence-electron chi connectivity index (χ2n) is 4.90. The van der Waals surface area contributed by atoms with Crippen LogP contribution in [0.15, 0.2) is 29.2 Å². The van der Waals surface area contributed by atoms with Gasteiger partial charge in [0.05, 0.1) is 10.8 Å². The van der Waals surface area contributed by atoms with Crippen molar-refractivity contribution in [2.24, 2.45) is 5.92 Å². The second-order valence-corrected chi connectivity index (χ2v) is 7.22. The molecule has 1 N–H and O–H groups in total. The van der Waals surface area contributed by atoms with Gasteiger partial charge in [-0.25, -0.2) is 8.42 Å². The number of hydrogen-bond acceptors (Lipinski definition) is 3. The lowest BCUT2D eigenvalue weighted by atomic mass is 9.92. The number of benzene rings is 1. The van der Waals surface area contributed by atoms with Crippen LogP contribution in [0.1, 0.15) is 19.8 Å². The topological polar surface area (TPSA) is 74.7 Å². The summed E-state index contributed by atoms with van der Waals surface area (Å²) in [7, 11) is -3.68. The van der Waals surface area contributed by atoms with E-state index in [1.54, 1.807) is 6.92 Å². The van der Waals surface area contributed by atoms with Gasteiger partial charge >= 0.3 is 5.97 Å². The first-order chi connectivity index (χ1) is 9.34. The Bertz CT molecular complexity index is 599. The molecule has 7 heteroatoms. The smallest absolute Gasteiger partial charge is 0.308 e. The molecule has 1 aliphatic rings. The van der Waals surface area contributed by atoms with Gasteiger partial charge in [0, 0.05) is 17.6 Å². The molecule has 1 aliphatic heterocycles. The number of halogens is 1. The van der Waals surface area contributed by atoms with Crippen LogP contribution in [0, 0.1) is 5.92 Å². The van der Waals surface area contributed by atoms with Crippen LogP contribution in [0.2, 0.25) is 5.02 Å². The largest absolute Gasteiger partial charge is 0.481 e. The van der Waals surface area contributed by atoms with Crippen molar-refractivity contribution in [1.82, 2.24) is 4.31 Å². The van der Waals surface area contributed by atoms with Crippen molar-refractivity contribution in [3.8, 4) is 0 Å². The van der Waals surface area contributed by atoms with Gasteiger partial charge in [0.1, 0.15) is 0 Å². The van der Waals surface area contributed by atoms with Crippen molar-refractivity contribution in [1.29, 1.82) is 0 Å². The summed E-state index contributed by atoms with van der Waals surface area (Å²) in [6, 6.07) is 5.35. The Morgan fingerprint density at radius 3 is 2.50 bits per heavy atom. The summed E-state index contributed by atoms with van der Waals surface area (Å²) in [6.45, 7) is 1.99. The lowest BCUT2D eigenvalue weighted by Gasteiger charge is -2.36. The number of nitrogens with zero attached hydrogens (tertiary/aromatic N) is 1. The number of carboxylic acids is 1. The number of aliphatic carboxylic acids is 1. The molecule has 1 heterocycles. The average Bonchev–Trinajstić information content (AvgIpc) is 2.38. The zero-order chi connectivity index (χ0) is 14.9. The molecule has 20 heavy (non-hydrogen) atoms. The molecule has 0 unspecified atom stereocenters. The number of piperidine rings is 1. The van der Waals surface area contributed by atoms with Gasteiger partial charge in [-0.2, -0.15) is 4.31 Å². The fourth-order valence-electron chi connectivity index (χ4n) is 2.52. The number of carboxylic acid groups (broad SMARTS) is 1. The highest BCUT2D eigenvalue weighted by molar-refractivity contribution is 7.89. The molecule has 1 saturated heterocycles. The minimum atomic E-state index is -3.68. The van der Waals surface area contributed by atoms with Crippen LogP contribution in [0.5, 0.6) is 0 Å². The van der Waals surface area contributed by atoms with Crippen molar-refractivity contribution >= 4 is 27.6 Å². The first kappa shape index (κ1) is 15.3. The maximum absolute atomic E-state index is 12.6. The number of hydrogen-bond donors (Lipinski definition) is 1. The predicted octanol–water partition coefficient (Wildman–Crippen LogP) is 2.21. The molecular weight excluding hydrogens is 302 g/mol. The maximum atomic E-state index is 12.6. The Morgan fingerprint density at radius 2 is 1.95 bits per heavy atom. The molecule has 5 nitrogen and oxygen atoms in total. The molecule has 110 valence electrons. The summed E-state index contributed by atoms with van der Waals surface area (Å²) in [4.78, 5) is 11.3. The van der Waals surface area contributed by atoms with Crippen molar-refractivity contribution in [2.75, 3.05) is 6.54 Å². The van der Waals surface area contributed by atoms with Gasteiger partial charge in [0.15, 0.2) is 0 Å². The third-order valence-electron chi connectivity index (χ3n) is 3.67. The summed E-state index contributed by atoms with van der Waals surface area (Å²) in [5, 5.41) is 9.62. The standard InChI is InChI=1S/C13H16ClNO4S/c1-9-12(13(16)17)3-2-8-15(9)20(18,19)11-6-4-10(14)5-7-11/h4-7,9,12H,2-3,8H2,1H3,(H,16,17)/t9-,12-/m1/s1. The zero-order valence-corrected chi connectivity index (χ0v) is 12.6. The van der Waals surface area contributed by atoms with Gasteiger partial charge in [-0.1, -0.05) is 11.6 Å². The van der Waals surface area contributed by atoms with E-state index in [-0.39, 0.29) is 4.90 Å². The van der Waals surface area contributed by atoms with E-state index in [4.69, 9.17) is 16.7 Å². The Hall–Kier alpha value is -1.11. The lowest BCUT2D eigenvalue weighted by molar-refractivity contribution is -0.144. The molecule has 2 rings (SSSR count). The predicted molar refractivity (Wildman–Crippen MR) is 75.2 cm³/mol. The van der Waals surface area contributed by atoms with Gasteiger partial charge < -0.3 is 5.11 Å². The second kappa shape index (κ2) is 5.71. The highest BCUT2D eigenvalue weighted by Crippen LogP contribution is 2.29. The quantitative estimate of drug-likeness (QED) is 0.927. The van der Waals surface area contributed by atoms with Crippen LogP contribution in [0.4, 0.5) is 0 Å². The van der Waals surface area contributed by atoms with Crippen molar-refractivity contribution in [2.45, 2.75) is 30.7 Å². The first-order valence-corrected chi connectivity index (χ1v) is 8.16. The van der Waals surface area contributed by atoms with Crippen molar-refractivity contribution in [3.05, 3.63) is 29.3 Å². The van der Waals surface area contributed by atoms with Crippen LogP contribution in [0.3, 0.4) is 0 Å². The number of sulfonamides is 1. The molecule has 0 aromatic heterocycles. The molecule has 1 fully saturated rings. The van der Waals surface area contributed by atoms with E-state index >= 15 is 0 Å². The lowest BCUT2D eigenvalue weighted by Crippen LogP contribution is -2.48. The Balaban J connectivity index is 2.33.